The number of aliphatic hydroxyl groups is 4. The van der Waals surface area contributed by atoms with Gasteiger partial charge in [0, 0.05) is 12.8 Å². The van der Waals surface area contributed by atoms with Crippen LogP contribution in [0.15, 0.2) is 0 Å². The fourth-order valence-electron chi connectivity index (χ4n) is 4.10. The zero-order chi connectivity index (χ0) is 39.2. The molecule has 5 N–H and O–H groups in total. The maximum atomic E-state index is 13.9. The average molecular weight is 766 g/mol. The molecule has 4 atom stereocenters. The van der Waals surface area contributed by atoms with E-state index in [4.69, 9.17) is 10.2 Å². The summed E-state index contributed by atoms with van der Waals surface area (Å²) in [4.78, 5) is 22.4. The number of halogens is 17. The maximum absolute atomic E-state index is 13.9. The lowest BCUT2D eigenvalue weighted by Gasteiger charge is -2.42. The predicted molar refractivity (Wildman–Crippen MR) is 128 cm³/mol. The maximum Gasteiger partial charge on any atom is 0.460 e. The molecule has 0 bridgehead atoms. The van der Waals surface area contributed by atoms with Crippen molar-refractivity contribution in [1.82, 2.24) is 0 Å². The number of rotatable bonds is 23. The summed E-state index contributed by atoms with van der Waals surface area (Å²) in [7, 11) is 0. The standard InChI is InChI=1S/C25H31F17O7/c26-18(27,19(28,29)20(30,31)21(32,33)22(34,35)23(36,37)24(38,39)25(40,41)42)11-9-7-5-3-1-2-4-6-8-10-12(43)13(44)14(45)15(46)16(47)17(48)49/h13-16,44-47H,1-11H2,(H,48,49)/t13-,14+,15+,16-/m0/s1. The molecule has 24 heteroatoms. The number of unbranched alkanes of at least 4 members (excludes halogenated alkanes) is 8. The van der Waals surface area contributed by atoms with Crippen LogP contribution in [-0.2, 0) is 9.59 Å². The lowest BCUT2D eigenvalue weighted by molar-refractivity contribution is -0.461. The SMILES string of the molecule is O=C(O)[C@@H](O)[C@H](O)[C@H](O)[C@@H](O)C(=O)CCCCCCCCCCCC(F)(F)C(F)(F)C(F)(F)C(F)(F)C(F)(F)C(F)(F)C(F)(F)C(F)(F)F. The van der Waals surface area contributed by atoms with Crippen LogP contribution in [-0.4, -0.2) is 109 Å². The Kier molecular flexibility index (Phi) is 15.7. The van der Waals surface area contributed by atoms with E-state index < -0.39 is 103 Å². The fourth-order valence-corrected chi connectivity index (χ4v) is 4.10. The summed E-state index contributed by atoms with van der Waals surface area (Å²) in [5.41, 5.74) is 0. The van der Waals surface area contributed by atoms with Gasteiger partial charge in [0.05, 0.1) is 0 Å². The zero-order valence-electron chi connectivity index (χ0n) is 24.6. The van der Waals surface area contributed by atoms with Gasteiger partial charge in [-0.1, -0.05) is 44.9 Å². The Morgan fingerprint density at radius 1 is 0.429 bits per heavy atom. The van der Waals surface area contributed by atoms with Crippen LogP contribution in [0.2, 0.25) is 0 Å². The van der Waals surface area contributed by atoms with E-state index in [-0.39, 0.29) is 32.1 Å². The molecule has 0 saturated heterocycles. The summed E-state index contributed by atoms with van der Waals surface area (Å²) in [5, 5.41) is 46.4. The number of hydrogen-bond donors (Lipinski definition) is 5. The molecule has 7 nitrogen and oxygen atoms in total. The van der Waals surface area contributed by atoms with Gasteiger partial charge in [0.25, 0.3) is 0 Å². The van der Waals surface area contributed by atoms with Crippen LogP contribution < -0.4 is 0 Å². The second-order valence-corrected chi connectivity index (χ2v) is 11.0. The van der Waals surface area contributed by atoms with Gasteiger partial charge in [0.15, 0.2) is 11.9 Å². The van der Waals surface area contributed by atoms with Crippen LogP contribution in [0, 0.1) is 0 Å². The van der Waals surface area contributed by atoms with Gasteiger partial charge in [-0.25, -0.2) is 4.79 Å². The van der Waals surface area contributed by atoms with Crippen LogP contribution in [0.5, 0.6) is 0 Å². The smallest absolute Gasteiger partial charge is 0.460 e. The van der Waals surface area contributed by atoms with Gasteiger partial charge < -0.3 is 25.5 Å². The van der Waals surface area contributed by atoms with Gasteiger partial charge in [-0.15, -0.1) is 0 Å². The first kappa shape index (κ1) is 46.8. The molecular weight excluding hydrogens is 735 g/mol. The van der Waals surface area contributed by atoms with Gasteiger partial charge in [-0.2, -0.15) is 74.6 Å². The van der Waals surface area contributed by atoms with Crippen molar-refractivity contribution in [2.75, 3.05) is 0 Å². The normalized spacial score (nSPS) is 17.1. The third-order valence-corrected chi connectivity index (χ3v) is 7.28. The van der Waals surface area contributed by atoms with Gasteiger partial charge >= 0.3 is 53.6 Å². The van der Waals surface area contributed by atoms with Crippen molar-refractivity contribution in [2.24, 2.45) is 0 Å². The number of alkyl halides is 17. The molecule has 0 amide bonds. The highest BCUT2D eigenvalue weighted by molar-refractivity contribution is 5.83. The minimum absolute atomic E-state index is 0.0987. The molecule has 0 radical (unpaired) electrons. The molecule has 0 saturated carbocycles. The number of Topliss-reactive ketones (excluding diaryl/α,β-unsaturated/α-hetero) is 1. The zero-order valence-corrected chi connectivity index (χ0v) is 24.6. The molecule has 292 valence electrons. The van der Waals surface area contributed by atoms with E-state index in [9.17, 15) is 99.5 Å². The molecule has 0 rings (SSSR count). The molecule has 0 aliphatic carbocycles. The van der Waals surface area contributed by atoms with E-state index in [2.05, 4.69) is 0 Å². The highest BCUT2D eigenvalue weighted by atomic mass is 19.4. The third-order valence-electron chi connectivity index (χ3n) is 7.28. The van der Waals surface area contributed by atoms with E-state index >= 15 is 0 Å². The Morgan fingerprint density at radius 3 is 1.10 bits per heavy atom. The molecule has 0 aliphatic rings. The number of carboxylic acid groups (broad SMARTS) is 1. The highest BCUT2D eigenvalue weighted by Gasteiger charge is 2.95. The molecular formula is C25H31F17O7. The quantitative estimate of drug-likeness (QED) is 0.0602. The second kappa shape index (κ2) is 16.4. The summed E-state index contributed by atoms with van der Waals surface area (Å²) in [6, 6.07) is 0. The topological polar surface area (TPSA) is 135 Å². The predicted octanol–water partition coefficient (Wildman–Crippen LogP) is 6.38. The average Bonchev–Trinajstić information content (AvgIpc) is 2.96. The van der Waals surface area contributed by atoms with E-state index in [1.165, 1.54) is 0 Å². The van der Waals surface area contributed by atoms with Crippen molar-refractivity contribution in [1.29, 1.82) is 0 Å². The molecule has 0 heterocycles. The van der Waals surface area contributed by atoms with Gasteiger partial charge in [-0.05, 0) is 12.8 Å². The summed E-state index contributed by atoms with van der Waals surface area (Å²) >= 11 is 0. The first-order chi connectivity index (χ1) is 21.7. The van der Waals surface area contributed by atoms with Crippen LogP contribution in [0.1, 0.15) is 70.6 Å². The van der Waals surface area contributed by atoms with E-state index in [0.717, 1.165) is 0 Å². The highest BCUT2D eigenvalue weighted by Crippen LogP contribution is 2.64. The number of aliphatic carboxylic acids is 1. The van der Waals surface area contributed by atoms with Crippen LogP contribution in [0.4, 0.5) is 74.6 Å². The Morgan fingerprint density at radius 2 is 0.735 bits per heavy atom. The number of aliphatic hydroxyl groups excluding tert-OH is 4. The number of carboxylic acids is 1. The van der Waals surface area contributed by atoms with Crippen LogP contribution in [0.3, 0.4) is 0 Å². The number of ketones is 1. The summed E-state index contributed by atoms with van der Waals surface area (Å²) in [6.45, 7) is 0. The van der Waals surface area contributed by atoms with Crippen molar-refractivity contribution in [3.63, 3.8) is 0 Å². The van der Waals surface area contributed by atoms with Crippen LogP contribution >= 0.6 is 0 Å². The van der Waals surface area contributed by atoms with Gasteiger partial charge in [0.1, 0.15) is 18.3 Å². The van der Waals surface area contributed by atoms with E-state index in [1.54, 1.807) is 0 Å². The molecule has 0 aromatic rings. The number of carbonyl (C=O) groups excluding carboxylic acids is 1. The molecule has 0 unspecified atom stereocenters. The molecule has 0 aromatic heterocycles. The minimum atomic E-state index is -8.65. The second-order valence-electron chi connectivity index (χ2n) is 11.0. The first-order valence-electron chi connectivity index (χ1n) is 13.9. The molecule has 0 spiro atoms. The number of hydrogen-bond acceptors (Lipinski definition) is 6. The Hall–Kier alpha value is -2.21. The van der Waals surface area contributed by atoms with E-state index in [1.807, 2.05) is 0 Å². The largest absolute Gasteiger partial charge is 0.479 e. The van der Waals surface area contributed by atoms with Crippen molar-refractivity contribution >= 4 is 11.8 Å². The van der Waals surface area contributed by atoms with Crippen LogP contribution in [0.25, 0.3) is 0 Å². The molecule has 49 heavy (non-hydrogen) atoms. The van der Waals surface area contributed by atoms with Crippen molar-refractivity contribution < 1.29 is 110 Å². The van der Waals surface area contributed by atoms with Crippen molar-refractivity contribution in [3.8, 4) is 0 Å². The Bertz CT molecular complexity index is 1080. The fraction of sp³-hybridized carbons (Fsp3) is 0.920. The van der Waals surface area contributed by atoms with Crippen molar-refractivity contribution in [2.45, 2.75) is 143 Å². The monoisotopic (exact) mass is 766 g/mol. The van der Waals surface area contributed by atoms with Gasteiger partial charge in [0.2, 0.25) is 0 Å². The summed E-state index contributed by atoms with van der Waals surface area (Å²) in [6.07, 6.45) is -20.4. The van der Waals surface area contributed by atoms with Gasteiger partial charge in [-0.3, -0.25) is 4.79 Å². The lowest BCUT2D eigenvalue weighted by Crippen LogP contribution is -2.74. The Balaban J connectivity index is 4.93. The molecule has 0 aromatic carbocycles. The number of carbonyl (C=O) groups is 2. The molecule has 0 aliphatic heterocycles. The van der Waals surface area contributed by atoms with E-state index in [0.29, 0.717) is 19.3 Å². The van der Waals surface area contributed by atoms with Crippen molar-refractivity contribution in [3.05, 3.63) is 0 Å². The minimum Gasteiger partial charge on any atom is -0.479 e. The summed E-state index contributed by atoms with van der Waals surface area (Å²) < 4.78 is 226. The first-order valence-corrected chi connectivity index (χ1v) is 13.9. The summed E-state index contributed by atoms with van der Waals surface area (Å²) in [5.74, 6) is -59.3. The molecule has 0 fully saturated rings. The Labute approximate surface area is 265 Å². The third kappa shape index (κ3) is 9.57. The lowest BCUT2D eigenvalue weighted by atomic mass is 9.87.